The molecule has 0 spiro atoms. The third kappa shape index (κ3) is 2.47. The van der Waals surface area contributed by atoms with Crippen molar-refractivity contribution >= 4 is 139 Å². The van der Waals surface area contributed by atoms with Crippen LogP contribution >= 0.6 is 63.7 Å². The van der Waals surface area contributed by atoms with Crippen LogP contribution < -0.4 is 10.9 Å². The van der Waals surface area contributed by atoms with E-state index in [-0.39, 0.29) is 10.9 Å². The fraction of sp³-hybridized carbons (Fsp3) is 0. The molecule has 0 aliphatic carbocycles. The molecule has 0 aliphatic rings. The van der Waals surface area contributed by atoms with Gasteiger partial charge in [0.2, 0.25) is 0 Å². The van der Waals surface area contributed by atoms with Gasteiger partial charge in [0.15, 0.2) is 10.9 Å². The first-order chi connectivity index (χ1) is 17.4. The van der Waals surface area contributed by atoms with E-state index in [1.54, 1.807) is 0 Å². The second-order valence-electron chi connectivity index (χ2n) is 9.24. The van der Waals surface area contributed by atoms with Crippen LogP contribution in [-0.4, -0.2) is 0 Å². The highest BCUT2D eigenvalue weighted by atomic mass is 79.9. The molecule has 0 saturated heterocycles. The van der Waals surface area contributed by atoms with E-state index in [9.17, 15) is 9.59 Å². The van der Waals surface area contributed by atoms with E-state index >= 15 is 0 Å². The highest BCUT2D eigenvalue weighted by Crippen LogP contribution is 2.51. The summed E-state index contributed by atoms with van der Waals surface area (Å²) in [6.45, 7) is 0. The SMILES string of the molecule is O=c1c2ccc(Br)cc2c2cc3ccc4c(=O)c5cccc(Br)c5c5c(Br)c6c(Br)cc1c2c6c3c45. The molecular weight excluding hydrogens is 712 g/mol. The predicted octanol–water partition coefficient (Wildman–Crippen LogP) is 9.84. The lowest BCUT2D eigenvalue weighted by atomic mass is 9.84. The van der Waals surface area contributed by atoms with Gasteiger partial charge in [-0.25, -0.2) is 0 Å². The molecule has 0 fully saturated rings. The Labute approximate surface area is 236 Å². The number of hydrogen-bond acceptors (Lipinski definition) is 2. The molecule has 2 nitrogen and oxygen atoms in total. The number of benzene rings is 8. The standard InChI is InChI=1S/C30H10Br4O2/c31-12-5-7-13-16(9-12)17-8-11-4-6-15-24-21(11)26-22(17)18(29(13)35)10-20(33)25(26)28(34)27(24)23-14(30(15)36)2-1-3-19(23)32/h1-10H. The monoisotopic (exact) mass is 718 g/mol. The fourth-order valence-electron chi connectivity index (χ4n) is 6.14. The van der Waals surface area contributed by atoms with Crippen molar-refractivity contribution in [2.75, 3.05) is 0 Å². The minimum Gasteiger partial charge on any atom is -0.289 e. The molecule has 0 heterocycles. The average molecular weight is 722 g/mol. The Balaban J connectivity index is 1.84. The van der Waals surface area contributed by atoms with Crippen LogP contribution in [-0.2, 0) is 0 Å². The molecule has 36 heavy (non-hydrogen) atoms. The van der Waals surface area contributed by atoms with Crippen LogP contribution in [0.5, 0.6) is 0 Å². The van der Waals surface area contributed by atoms with Crippen molar-refractivity contribution in [3.63, 3.8) is 0 Å². The lowest BCUT2D eigenvalue weighted by molar-refractivity contribution is 1.68. The predicted molar refractivity (Wildman–Crippen MR) is 166 cm³/mol. The largest absolute Gasteiger partial charge is 0.289 e. The van der Waals surface area contributed by atoms with Gasteiger partial charge in [-0.1, -0.05) is 66.0 Å². The molecule has 0 amide bonds. The van der Waals surface area contributed by atoms with Gasteiger partial charge in [-0.2, -0.15) is 0 Å². The molecule has 6 heteroatoms. The van der Waals surface area contributed by atoms with E-state index < -0.39 is 0 Å². The van der Waals surface area contributed by atoms with Gasteiger partial charge in [0.1, 0.15) is 0 Å². The van der Waals surface area contributed by atoms with Crippen LogP contribution in [0.2, 0.25) is 0 Å². The Kier molecular flexibility index (Phi) is 4.30. The second-order valence-corrected chi connectivity index (χ2v) is 12.7. The third-order valence-corrected chi connectivity index (χ3v) is 10.1. The van der Waals surface area contributed by atoms with E-state index in [0.717, 1.165) is 71.8 Å². The summed E-state index contributed by atoms with van der Waals surface area (Å²) in [6, 6.07) is 19.7. The molecule has 0 bridgehead atoms. The maximum Gasteiger partial charge on any atom is 0.194 e. The van der Waals surface area contributed by atoms with Gasteiger partial charge in [-0.15, -0.1) is 0 Å². The van der Waals surface area contributed by atoms with E-state index in [2.05, 4.69) is 69.8 Å². The minimum absolute atomic E-state index is 0.0106. The summed E-state index contributed by atoms with van der Waals surface area (Å²) in [4.78, 5) is 27.4. The maximum absolute atomic E-state index is 13.7. The number of hydrogen-bond donors (Lipinski definition) is 0. The van der Waals surface area contributed by atoms with Crippen molar-refractivity contribution in [2.24, 2.45) is 0 Å². The summed E-state index contributed by atoms with van der Waals surface area (Å²) in [5.74, 6) is 0. The maximum atomic E-state index is 13.7. The summed E-state index contributed by atoms with van der Waals surface area (Å²) in [5, 5.41) is 12.5. The van der Waals surface area contributed by atoms with E-state index in [1.807, 2.05) is 54.6 Å². The topological polar surface area (TPSA) is 34.1 Å². The zero-order valence-corrected chi connectivity index (χ0v) is 24.4. The van der Waals surface area contributed by atoms with Gasteiger partial charge < -0.3 is 0 Å². The zero-order valence-electron chi connectivity index (χ0n) is 18.1. The normalized spacial score (nSPS) is 12.7. The van der Waals surface area contributed by atoms with E-state index in [4.69, 9.17) is 0 Å². The highest BCUT2D eigenvalue weighted by Gasteiger charge is 2.25. The van der Waals surface area contributed by atoms with E-state index in [0.29, 0.717) is 21.5 Å². The summed E-state index contributed by atoms with van der Waals surface area (Å²) in [5.41, 5.74) is 0.0251. The molecule has 8 aromatic carbocycles. The molecule has 0 N–H and O–H groups in total. The quantitative estimate of drug-likeness (QED) is 0.115. The molecule has 8 aromatic rings. The van der Waals surface area contributed by atoms with Crippen molar-refractivity contribution in [3.8, 4) is 0 Å². The summed E-state index contributed by atoms with van der Waals surface area (Å²) >= 11 is 15.1. The molecule has 170 valence electrons. The second kappa shape index (κ2) is 7.13. The van der Waals surface area contributed by atoms with Crippen LogP contribution in [0.25, 0.3) is 75.4 Å². The summed E-state index contributed by atoms with van der Waals surface area (Å²) in [7, 11) is 0. The molecule has 8 rings (SSSR count). The van der Waals surface area contributed by atoms with Crippen LogP contribution in [0.1, 0.15) is 0 Å². The number of fused-ring (bicyclic) bond motifs is 4. The molecule has 0 radical (unpaired) electrons. The molecular formula is C30H10Br4O2. The van der Waals surface area contributed by atoms with Crippen LogP contribution in [0, 0.1) is 0 Å². The Morgan fingerprint density at radius 1 is 0.444 bits per heavy atom. The van der Waals surface area contributed by atoms with Gasteiger partial charge in [0.25, 0.3) is 0 Å². The Bertz CT molecular complexity index is 2400. The zero-order chi connectivity index (χ0) is 24.6. The Hall–Kier alpha value is -2.38. The lowest BCUT2D eigenvalue weighted by Crippen LogP contribution is -2.07. The first kappa shape index (κ1) is 21.7. The van der Waals surface area contributed by atoms with Crippen molar-refractivity contribution in [2.45, 2.75) is 0 Å². The lowest BCUT2D eigenvalue weighted by Gasteiger charge is -2.21. The van der Waals surface area contributed by atoms with Crippen molar-refractivity contribution in [1.29, 1.82) is 0 Å². The van der Waals surface area contributed by atoms with Gasteiger partial charge in [0, 0.05) is 71.8 Å². The van der Waals surface area contributed by atoms with Crippen LogP contribution in [0.15, 0.2) is 88.1 Å². The average Bonchev–Trinajstić information content (AvgIpc) is 2.86. The smallest absolute Gasteiger partial charge is 0.194 e. The minimum atomic E-state index is 0.0106. The van der Waals surface area contributed by atoms with Gasteiger partial charge in [-0.05, 0) is 79.9 Å². The highest BCUT2D eigenvalue weighted by molar-refractivity contribution is 9.11. The summed E-state index contributed by atoms with van der Waals surface area (Å²) in [6.07, 6.45) is 0. The first-order valence-electron chi connectivity index (χ1n) is 11.2. The molecule has 0 saturated carbocycles. The number of rotatable bonds is 0. The molecule has 0 unspecified atom stereocenters. The number of halogens is 4. The van der Waals surface area contributed by atoms with Gasteiger partial charge in [-0.3, -0.25) is 9.59 Å². The fourth-order valence-corrected chi connectivity index (χ4v) is 8.76. The first-order valence-corrected chi connectivity index (χ1v) is 14.4. The van der Waals surface area contributed by atoms with Crippen molar-refractivity contribution in [3.05, 3.63) is 99.0 Å². The molecule has 0 aromatic heterocycles. The molecule has 0 atom stereocenters. The van der Waals surface area contributed by atoms with Crippen LogP contribution in [0.3, 0.4) is 0 Å². The Morgan fingerprint density at radius 3 is 2.03 bits per heavy atom. The van der Waals surface area contributed by atoms with Crippen LogP contribution in [0.4, 0.5) is 0 Å². The van der Waals surface area contributed by atoms with Crippen molar-refractivity contribution in [1.82, 2.24) is 0 Å². The van der Waals surface area contributed by atoms with Gasteiger partial charge >= 0.3 is 0 Å². The Morgan fingerprint density at radius 2 is 1.19 bits per heavy atom. The van der Waals surface area contributed by atoms with E-state index in [1.165, 1.54) is 0 Å². The van der Waals surface area contributed by atoms with Crippen molar-refractivity contribution < 1.29 is 0 Å². The third-order valence-electron chi connectivity index (χ3n) is 7.54. The van der Waals surface area contributed by atoms with Gasteiger partial charge in [0.05, 0.1) is 0 Å². The molecule has 0 aliphatic heterocycles. The summed E-state index contributed by atoms with van der Waals surface area (Å²) < 4.78 is 3.56.